The summed E-state index contributed by atoms with van der Waals surface area (Å²) < 4.78 is 5.34. The molecule has 244 valence electrons. The summed E-state index contributed by atoms with van der Waals surface area (Å²) in [5, 5.41) is 15.9. The maximum atomic E-state index is 13.9. The van der Waals surface area contributed by atoms with E-state index in [-0.39, 0.29) is 43.3 Å². The number of imide groups is 2. The molecule has 0 saturated carbocycles. The molecule has 8 heteroatoms. The summed E-state index contributed by atoms with van der Waals surface area (Å²) in [6.07, 6.45) is 0.963. The van der Waals surface area contributed by atoms with E-state index in [1.807, 2.05) is 72.8 Å². The number of aliphatic hydroxyl groups is 1. The van der Waals surface area contributed by atoms with Crippen LogP contribution in [0.1, 0.15) is 58.1 Å². The van der Waals surface area contributed by atoms with Gasteiger partial charge in [-0.1, -0.05) is 60.7 Å². The molecule has 7 aromatic rings. The minimum Gasteiger partial charge on any atom is -0.497 e. The molecule has 0 radical (unpaired) electrons. The van der Waals surface area contributed by atoms with E-state index in [0.717, 1.165) is 54.8 Å². The molecule has 7 aromatic carbocycles. The van der Waals surface area contributed by atoms with Crippen LogP contribution >= 0.6 is 0 Å². The van der Waals surface area contributed by atoms with E-state index in [1.165, 1.54) is 9.80 Å². The van der Waals surface area contributed by atoms with Crippen molar-refractivity contribution in [3.63, 3.8) is 0 Å². The van der Waals surface area contributed by atoms with Gasteiger partial charge in [-0.25, -0.2) is 0 Å². The van der Waals surface area contributed by atoms with Gasteiger partial charge in [-0.2, -0.15) is 0 Å². The monoisotopic (exact) mass is 658 g/mol. The third-order valence-corrected chi connectivity index (χ3v) is 10.4. The number of hydrogen-bond acceptors (Lipinski definition) is 6. The summed E-state index contributed by atoms with van der Waals surface area (Å²) >= 11 is 0. The molecular formula is C42H30N2O6. The van der Waals surface area contributed by atoms with E-state index < -0.39 is 0 Å². The van der Waals surface area contributed by atoms with Crippen molar-refractivity contribution in [2.45, 2.75) is 19.4 Å². The molecule has 0 atom stereocenters. The van der Waals surface area contributed by atoms with E-state index in [4.69, 9.17) is 4.74 Å². The zero-order valence-corrected chi connectivity index (χ0v) is 27.2. The number of aliphatic hydroxyl groups excluding tert-OH is 1. The first kappa shape index (κ1) is 30.0. The largest absolute Gasteiger partial charge is 0.497 e. The summed E-state index contributed by atoms with van der Waals surface area (Å²) in [6.45, 7) is 0.367. The van der Waals surface area contributed by atoms with Gasteiger partial charge < -0.3 is 9.84 Å². The van der Waals surface area contributed by atoms with Crippen LogP contribution in [0, 0.1) is 0 Å². The van der Waals surface area contributed by atoms with Crippen molar-refractivity contribution >= 4 is 66.7 Å². The van der Waals surface area contributed by atoms with E-state index >= 15 is 0 Å². The first-order valence-electron chi connectivity index (χ1n) is 16.6. The van der Waals surface area contributed by atoms with Gasteiger partial charge in [-0.05, 0) is 98.2 Å². The Hall–Kier alpha value is -6.12. The molecule has 0 bridgehead atoms. The molecule has 1 N–H and O–H groups in total. The Morgan fingerprint density at radius 1 is 0.500 bits per heavy atom. The fraction of sp³-hybridized carbons (Fsp3) is 0.143. The molecule has 50 heavy (non-hydrogen) atoms. The average molecular weight is 659 g/mol. The number of amides is 4. The highest BCUT2D eigenvalue weighted by Crippen LogP contribution is 2.46. The van der Waals surface area contributed by atoms with Gasteiger partial charge in [0.2, 0.25) is 0 Å². The summed E-state index contributed by atoms with van der Waals surface area (Å²) in [4.78, 5) is 58.3. The third-order valence-electron chi connectivity index (χ3n) is 10.4. The second-order valence-corrected chi connectivity index (χ2v) is 13.0. The summed E-state index contributed by atoms with van der Waals surface area (Å²) in [6, 6.07) is 29.9. The second kappa shape index (κ2) is 11.2. The van der Waals surface area contributed by atoms with Crippen molar-refractivity contribution in [3.8, 4) is 5.75 Å². The standard InChI is InChI=1S/C42H30N2O6/c1-50-26-7-3-5-24(21-26)17-19-44-41(48)33-14-10-29-27-8-12-31-37-32(40(47)43(39(31)46)18-16-23-4-2-6-25(20-23)22-45)13-9-28(35(27)37)30-11-15-34(42(44)49)38(33)36(29)30/h2-15,20-21,45H,16-19,22H2,1H3. The maximum absolute atomic E-state index is 13.9. The highest BCUT2D eigenvalue weighted by molar-refractivity contribution is 6.41. The molecule has 0 fully saturated rings. The SMILES string of the molecule is COc1cccc(CCN2C(=O)c3ccc4c5ccc6c7c(ccc(c8ccc(c3c48)C2=O)c75)C(=O)N(CCc2cccc(CO)c2)C6=O)c1. The molecule has 0 unspecified atom stereocenters. The predicted molar refractivity (Wildman–Crippen MR) is 191 cm³/mol. The van der Waals surface area contributed by atoms with Gasteiger partial charge >= 0.3 is 0 Å². The van der Waals surface area contributed by atoms with Crippen LogP contribution in [0.2, 0.25) is 0 Å². The molecule has 0 aromatic heterocycles. The fourth-order valence-corrected chi connectivity index (χ4v) is 7.97. The molecule has 0 saturated heterocycles. The number of hydrogen-bond donors (Lipinski definition) is 1. The van der Waals surface area contributed by atoms with Crippen LogP contribution in [0.4, 0.5) is 0 Å². The maximum Gasteiger partial charge on any atom is 0.261 e. The van der Waals surface area contributed by atoms with Crippen LogP contribution in [0.5, 0.6) is 5.75 Å². The molecular weight excluding hydrogens is 628 g/mol. The number of fused-ring (bicyclic) bond motifs is 2. The van der Waals surface area contributed by atoms with E-state index in [2.05, 4.69) is 0 Å². The Morgan fingerprint density at radius 2 is 0.900 bits per heavy atom. The number of methoxy groups -OCH3 is 1. The molecule has 0 aliphatic carbocycles. The van der Waals surface area contributed by atoms with Crippen LogP contribution in [-0.2, 0) is 19.4 Å². The quantitative estimate of drug-likeness (QED) is 0.108. The predicted octanol–water partition coefficient (Wildman–Crippen LogP) is 6.92. The topological polar surface area (TPSA) is 104 Å². The normalized spacial score (nSPS) is 14.3. The third kappa shape index (κ3) is 4.28. The Kier molecular flexibility index (Phi) is 6.73. The van der Waals surface area contributed by atoms with E-state index in [1.54, 1.807) is 31.4 Å². The van der Waals surface area contributed by atoms with Gasteiger partial charge in [0.05, 0.1) is 13.7 Å². The van der Waals surface area contributed by atoms with Crippen LogP contribution in [-0.4, -0.2) is 58.7 Å². The Bertz CT molecular complexity index is 2320. The van der Waals surface area contributed by atoms with Gasteiger partial charge in [0.25, 0.3) is 23.6 Å². The molecule has 2 aliphatic heterocycles. The van der Waals surface area contributed by atoms with Crippen LogP contribution < -0.4 is 4.74 Å². The Balaban J connectivity index is 1.13. The van der Waals surface area contributed by atoms with Gasteiger partial charge in [0.1, 0.15) is 5.75 Å². The van der Waals surface area contributed by atoms with Crippen molar-refractivity contribution in [2.75, 3.05) is 20.2 Å². The first-order chi connectivity index (χ1) is 24.4. The van der Waals surface area contributed by atoms with Crippen molar-refractivity contribution in [3.05, 3.63) is 136 Å². The lowest BCUT2D eigenvalue weighted by atomic mass is 9.82. The Labute approximate surface area is 286 Å². The Morgan fingerprint density at radius 3 is 1.32 bits per heavy atom. The van der Waals surface area contributed by atoms with Gasteiger partial charge in [-0.15, -0.1) is 0 Å². The minimum atomic E-state index is -0.342. The minimum absolute atomic E-state index is 0.0783. The lowest BCUT2D eigenvalue weighted by Gasteiger charge is -2.30. The number of benzene rings is 7. The first-order valence-corrected chi connectivity index (χ1v) is 16.6. The van der Waals surface area contributed by atoms with Crippen LogP contribution in [0.3, 0.4) is 0 Å². The average Bonchev–Trinajstić information content (AvgIpc) is 3.15. The summed E-state index contributed by atoms with van der Waals surface area (Å²) in [7, 11) is 1.60. The lowest BCUT2D eigenvalue weighted by Crippen LogP contribution is -2.41. The van der Waals surface area contributed by atoms with Gasteiger partial charge in [-0.3, -0.25) is 29.0 Å². The molecule has 2 heterocycles. The second-order valence-electron chi connectivity index (χ2n) is 13.0. The molecule has 9 rings (SSSR count). The number of carbonyl (C=O) groups excluding carboxylic acids is 4. The number of carbonyl (C=O) groups is 4. The smallest absolute Gasteiger partial charge is 0.261 e. The molecule has 8 nitrogen and oxygen atoms in total. The number of rotatable bonds is 8. The zero-order chi connectivity index (χ0) is 34.3. The number of ether oxygens (including phenoxy) is 1. The zero-order valence-electron chi connectivity index (χ0n) is 27.2. The highest BCUT2D eigenvalue weighted by atomic mass is 16.5. The summed E-state index contributed by atoms with van der Waals surface area (Å²) in [5.74, 6) is -0.623. The van der Waals surface area contributed by atoms with Crippen molar-refractivity contribution in [1.29, 1.82) is 0 Å². The fourth-order valence-electron chi connectivity index (χ4n) is 7.97. The van der Waals surface area contributed by atoms with Crippen molar-refractivity contribution < 1.29 is 29.0 Å². The van der Waals surface area contributed by atoms with Crippen molar-refractivity contribution in [1.82, 2.24) is 9.80 Å². The molecule has 2 aliphatic rings. The summed E-state index contributed by atoms with van der Waals surface area (Å²) in [5.41, 5.74) is 4.56. The highest BCUT2D eigenvalue weighted by Gasteiger charge is 2.36. The van der Waals surface area contributed by atoms with Crippen LogP contribution in [0.15, 0.2) is 97.1 Å². The number of nitrogens with zero attached hydrogens (tertiary/aromatic N) is 2. The van der Waals surface area contributed by atoms with E-state index in [0.29, 0.717) is 45.9 Å². The lowest BCUT2D eigenvalue weighted by molar-refractivity contribution is 0.0597. The molecule has 4 amide bonds. The van der Waals surface area contributed by atoms with Crippen molar-refractivity contribution in [2.24, 2.45) is 0 Å². The van der Waals surface area contributed by atoms with Gasteiger partial charge in [0, 0.05) is 46.1 Å². The van der Waals surface area contributed by atoms with E-state index in [9.17, 15) is 24.3 Å². The van der Waals surface area contributed by atoms with Crippen LogP contribution in [0.25, 0.3) is 43.1 Å². The molecule has 0 spiro atoms. The van der Waals surface area contributed by atoms with Gasteiger partial charge in [0.15, 0.2) is 0 Å².